The smallest absolute Gasteiger partial charge is 0.287 e. The van der Waals surface area contributed by atoms with E-state index in [4.69, 9.17) is 4.42 Å². The van der Waals surface area contributed by atoms with Crippen LogP contribution in [0.3, 0.4) is 0 Å². The zero-order valence-electron chi connectivity index (χ0n) is 19.9. The molecule has 2 aromatic rings. The van der Waals surface area contributed by atoms with Gasteiger partial charge in [-0.1, -0.05) is 25.1 Å². The highest BCUT2D eigenvalue weighted by molar-refractivity contribution is 5.95. The van der Waals surface area contributed by atoms with Crippen LogP contribution >= 0.6 is 0 Å². The topological polar surface area (TPSA) is 94.9 Å². The van der Waals surface area contributed by atoms with Crippen molar-refractivity contribution in [2.45, 2.75) is 52.1 Å². The SMILES string of the molecule is CCc1ccccc1NC(=O)CN(C)C(=O)C(C)N1CCC(NC(=O)c2occc2C)CC1. The van der Waals surface area contributed by atoms with E-state index in [2.05, 4.69) is 15.5 Å². The van der Waals surface area contributed by atoms with E-state index in [1.807, 2.05) is 45.0 Å². The number of aryl methyl sites for hydroxylation is 2. The van der Waals surface area contributed by atoms with Gasteiger partial charge in [0.25, 0.3) is 5.91 Å². The first-order valence-electron chi connectivity index (χ1n) is 11.5. The van der Waals surface area contributed by atoms with Gasteiger partial charge < -0.3 is 20.0 Å². The molecule has 1 saturated heterocycles. The summed E-state index contributed by atoms with van der Waals surface area (Å²) in [4.78, 5) is 41.4. The van der Waals surface area contributed by atoms with Crippen LogP contribution in [0, 0.1) is 6.92 Å². The molecule has 178 valence electrons. The maximum absolute atomic E-state index is 12.9. The lowest BCUT2D eigenvalue weighted by Crippen LogP contribution is -2.52. The Labute approximate surface area is 195 Å². The van der Waals surface area contributed by atoms with Crippen molar-refractivity contribution < 1.29 is 18.8 Å². The fraction of sp³-hybridized carbons (Fsp3) is 0.480. The molecule has 0 bridgehead atoms. The first kappa shape index (κ1) is 24.5. The molecule has 1 unspecified atom stereocenters. The van der Waals surface area contributed by atoms with Crippen LogP contribution in [0.5, 0.6) is 0 Å². The highest BCUT2D eigenvalue weighted by Crippen LogP contribution is 2.17. The second-order valence-corrected chi connectivity index (χ2v) is 8.65. The number of anilines is 1. The fourth-order valence-corrected chi connectivity index (χ4v) is 4.20. The number of likely N-dealkylation sites (tertiary alicyclic amines) is 1. The summed E-state index contributed by atoms with van der Waals surface area (Å²) in [5.74, 6) is -0.158. The molecule has 1 aliphatic rings. The van der Waals surface area contributed by atoms with Crippen molar-refractivity contribution in [1.29, 1.82) is 0 Å². The third-order valence-electron chi connectivity index (χ3n) is 6.27. The van der Waals surface area contributed by atoms with Crippen LogP contribution in [0.15, 0.2) is 41.0 Å². The van der Waals surface area contributed by atoms with Gasteiger partial charge in [0, 0.05) is 37.4 Å². The van der Waals surface area contributed by atoms with Gasteiger partial charge in [-0.3, -0.25) is 19.3 Å². The summed E-state index contributed by atoms with van der Waals surface area (Å²) >= 11 is 0. The highest BCUT2D eigenvalue weighted by Gasteiger charge is 2.30. The lowest BCUT2D eigenvalue weighted by molar-refractivity contribution is -0.138. The Morgan fingerprint density at radius 3 is 2.52 bits per heavy atom. The zero-order valence-corrected chi connectivity index (χ0v) is 19.9. The van der Waals surface area contributed by atoms with E-state index in [1.54, 1.807) is 13.1 Å². The van der Waals surface area contributed by atoms with Crippen LogP contribution in [-0.2, 0) is 16.0 Å². The number of furan rings is 1. The van der Waals surface area contributed by atoms with Crippen molar-refractivity contribution in [1.82, 2.24) is 15.1 Å². The first-order chi connectivity index (χ1) is 15.8. The molecule has 33 heavy (non-hydrogen) atoms. The lowest BCUT2D eigenvalue weighted by atomic mass is 10.0. The Kier molecular flexibility index (Phi) is 8.27. The van der Waals surface area contributed by atoms with Gasteiger partial charge in [0.2, 0.25) is 11.8 Å². The molecule has 0 aliphatic carbocycles. The Morgan fingerprint density at radius 1 is 1.18 bits per heavy atom. The molecule has 8 heteroatoms. The van der Waals surface area contributed by atoms with Gasteiger partial charge in [-0.25, -0.2) is 0 Å². The minimum atomic E-state index is -0.338. The predicted octanol–water partition coefficient (Wildman–Crippen LogP) is 2.83. The number of hydrogen-bond donors (Lipinski definition) is 2. The second-order valence-electron chi connectivity index (χ2n) is 8.65. The molecule has 0 saturated carbocycles. The number of piperidine rings is 1. The molecular formula is C25H34N4O4. The number of carbonyl (C=O) groups excluding carboxylic acids is 3. The molecular weight excluding hydrogens is 420 g/mol. The van der Waals surface area contributed by atoms with Gasteiger partial charge >= 0.3 is 0 Å². The monoisotopic (exact) mass is 454 g/mol. The Balaban J connectivity index is 1.46. The summed E-state index contributed by atoms with van der Waals surface area (Å²) in [5, 5.41) is 5.94. The molecule has 1 aromatic carbocycles. The number of nitrogens with zero attached hydrogens (tertiary/aromatic N) is 2. The quantitative estimate of drug-likeness (QED) is 0.640. The Bertz CT molecular complexity index is 978. The number of carbonyl (C=O) groups is 3. The molecule has 0 radical (unpaired) electrons. The van der Waals surface area contributed by atoms with Crippen LogP contribution < -0.4 is 10.6 Å². The van der Waals surface area contributed by atoms with E-state index >= 15 is 0 Å². The molecule has 2 N–H and O–H groups in total. The molecule has 0 spiro atoms. The molecule has 1 fully saturated rings. The first-order valence-corrected chi connectivity index (χ1v) is 11.5. The van der Waals surface area contributed by atoms with E-state index in [9.17, 15) is 14.4 Å². The van der Waals surface area contributed by atoms with Gasteiger partial charge in [0.15, 0.2) is 5.76 Å². The van der Waals surface area contributed by atoms with Crippen LogP contribution in [0.4, 0.5) is 5.69 Å². The minimum absolute atomic E-state index is 0.00373. The molecule has 3 rings (SSSR count). The standard InChI is InChI=1S/C25H34N4O4/c1-5-19-8-6-7-9-21(19)27-22(30)16-28(4)25(32)18(3)29-13-10-20(11-14-29)26-24(31)23-17(2)12-15-33-23/h6-9,12,15,18,20H,5,10-11,13-14,16H2,1-4H3,(H,26,31)(H,27,30). The van der Waals surface area contributed by atoms with E-state index in [-0.39, 0.29) is 36.3 Å². The summed E-state index contributed by atoms with van der Waals surface area (Å²) in [6.45, 7) is 7.13. The molecule has 8 nitrogen and oxygen atoms in total. The summed E-state index contributed by atoms with van der Waals surface area (Å²) in [6, 6.07) is 9.15. The van der Waals surface area contributed by atoms with Gasteiger partial charge in [0.05, 0.1) is 18.8 Å². The third-order valence-corrected chi connectivity index (χ3v) is 6.27. The van der Waals surface area contributed by atoms with Crippen LogP contribution in [0.2, 0.25) is 0 Å². The number of rotatable bonds is 8. The maximum Gasteiger partial charge on any atom is 0.287 e. The zero-order chi connectivity index (χ0) is 24.0. The van der Waals surface area contributed by atoms with Crippen LogP contribution in [0.25, 0.3) is 0 Å². The number of nitrogens with one attached hydrogen (secondary N) is 2. The Hall–Kier alpha value is -3.13. The van der Waals surface area contributed by atoms with Crippen molar-refractivity contribution in [2.24, 2.45) is 0 Å². The van der Waals surface area contributed by atoms with Gasteiger partial charge in [-0.05, 0) is 50.8 Å². The highest BCUT2D eigenvalue weighted by atomic mass is 16.3. The lowest BCUT2D eigenvalue weighted by Gasteiger charge is -2.36. The van der Waals surface area contributed by atoms with Crippen molar-refractivity contribution >= 4 is 23.4 Å². The minimum Gasteiger partial charge on any atom is -0.459 e. The largest absolute Gasteiger partial charge is 0.459 e. The summed E-state index contributed by atoms with van der Waals surface area (Å²) in [7, 11) is 1.66. The van der Waals surface area contributed by atoms with Crippen molar-refractivity contribution in [3.05, 3.63) is 53.5 Å². The van der Waals surface area contributed by atoms with Gasteiger partial charge in [-0.15, -0.1) is 0 Å². The molecule has 2 heterocycles. The number of hydrogen-bond acceptors (Lipinski definition) is 5. The average Bonchev–Trinajstić information content (AvgIpc) is 3.24. The van der Waals surface area contributed by atoms with E-state index < -0.39 is 0 Å². The summed E-state index contributed by atoms with van der Waals surface area (Å²) in [5.41, 5.74) is 2.66. The fourth-order valence-electron chi connectivity index (χ4n) is 4.20. The van der Waals surface area contributed by atoms with E-state index in [0.29, 0.717) is 18.8 Å². The second kappa shape index (κ2) is 11.1. The van der Waals surface area contributed by atoms with E-state index in [0.717, 1.165) is 36.1 Å². The Morgan fingerprint density at radius 2 is 1.88 bits per heavy atom. The number of likely N-dealkylation sites (N-methyl/N-ethyl adjacent to an activating group) is 1. The third kappa shape index (κ3) is 6.22. The van der Waals surface area contributed by atoms with Crippen LogP contribution in [-0.4, -0.2) is 66.3 Å². The van der Waals surface area contributed by atoms with Crippen molar-refractivity contribution in [3.8, 4) is 0 Å². The summed E-state index contributed by atoms with van der Waals surface area (Å²) < 4.78 is 5.26. The van der Waals surface area contributed by atoms with Crippen molar-refractivity contribution in [3.63, 3.8) is 0 Å². The van der Waals surface area contributed by atoms with Gasteiger partial charge in [0.1, 0.15) is 0 Å². The van der Waals surface area contributed by atoms with E-state index in [1.165, 1.54) is 11.2 Å². The number of benzene rings is 1. The summed E-state index contributed by atoms with van der Waals surface area (Å²) in [6.07, 6.45) is 3.83. The molecule has 1 atom stereocenters. The van der Waals surface area contributed by atoms with Gasteiger partial charge in [-0.2, -0.15) is 0 Å². The maximum atomic E-state index is 12.9. The normalized spacial score (nSPS) is 15.6. The molecule has 3 amide bonds. The molecule has 1 aliphatic heterocycles. The van der Waals surface area contributed by atoms with Crippen LogP contribution in [0.1, 0.15) is 48.4 Å². The predicted molar refractivity (Wildman–Crippen MR) is 127 cm³/mol. The number of amides is 3. The number of para-hydroxylation sites is 1. The average molecular weight is 455 g/mol. The molecule has 1 aromatic heterocycles. The van der Waals surface area contributed by atoms with Crippen molar-refractivity contribution in [2.75, 3.05) is 32.0 Å².